The van der Waals surface area contributed by atoms with Gasteiger partial charge in [0.1, 0.15) is 5.76 Å². The van der Waals surface area contributed by atoms with Gasteiger partial charge < -0.3 is 9.32 Å². The highest BCUT2D eigenvalue weighted by Gasteiger charge is 2.52. The van der Waals surface area contributed by atoms with Gasteiger partial charge in [0.2, 0.25) is 5.91 Å². The Morgan fingerprint density at radius 1 is 1.12 bits per heavy atom. The lowest BCUT2D eigenvalue weighted by atomic mass is 9.74. The van der Waals surface area contributed by atoms with Crippen LogP contribution in [-0.4, -0.2) is 41.4 Å². The van der Waals surface area contributed by atoms with Crippen molar-refractivity contribution in [2.45, 2.75) is 37.3 Å². The van der Waals surface area contributed by atoms with E-state index >= 15 is 0 Å². The van der Waals surface area contributed by atoms with Gasteiger partial charge in [-0.05, 0) is 30.5 Å². The minimum absolute atomic E-state index is 0.0297. The summed E-state index contributed by atoms with van der Waals surface area (Å²) in [5.74, 6) is 1.60. The summed E-state index contributed by atoms with van der Waals surface area (Å²) in [6.45, 7) is 2.86. The number of furan rings is 1. The molecule has 1 aromatic heterocycles. The van der Waals surface area contributed by atoms with Crippen molar-refractivity contribution in [3.05, 3.63) is 60.1 Å². The van der Waals surface area contributed by atoms with Crippen molar-refractivity contribution in [3.8, 4) is 0 Å². The van der Waals surface area contributed by atoms with E-state index in [1.54, 1.807) is 6.26 Å². The molecule has 0 bridgehead atoms. The number of carbonyl (C=O) groups excluding carboxylic acids is 1. The van der Waals surface area contributed by atoms with E-state index < -0.39 is 0 Å². The van der Waals surface area contributed by atoms with E-state index in [0.717, 1.165) is 38.2 Å². The molecule has 4 nitrogen and oxygen atoms in total. The minimum Gasteiger partial charge on any atom is -0.468 e. The molecule has 3 heterocycles. The fraction of sp³-hybridized carbons (Fsp3) is 0.450. The van der Waals surface area contributed by atoms with E-state index in [2.05, 4.69) is 29.2 Å². The highest BCUT2D eigenvalue weighted by atomic mass is 16.3. The third-order valence-corrected chi connectivity index (χ3v) is 5.95. The second-order valence-electron chi connectivity index (χ2n) is 7.08. The molecule has 0 saturated carbocycles. The maximum Gasteiger partial charge on any atom is 0.223 e. The van der Waals surface area contributed by atoms with Gasteiger partial charge >= 0.3 is 0 Å². The number of likely N-dealkylation sites (tertiary alicyclic amines) is 2. The van der Waals surface area contributed by atoms with E-state index in [1.807, 2.05) is 30.1 Å². The number of nitrogens with zero attached hydrogens (tertiary/aromatic N) is 2. The number of likely N-dealkylation sites (N-methyl/N-ethyl adjacent to an activating group) is 1. The molecule has 24 heavy (non-hydrogen) atoms. The third-order valence-electron chi connectivity index (χ3n) is 5.95. The van der Waals surface area contributed by atoms with Crippen LogP contribution in [0.1, 0.15) is 36.5 Å². The number of hydrogen-bond donors (Lipinski definition) is 0. The quantitative estimate of drug-likeness (QED) is 0.869. The lowest BCUT2D eigenvalue weighted by molar-refractivity contribution is -0.130. The second kappa shape index (κ2) is 6.10. The molecule has 1 atom stereocenters. The zero-order chi connectivity index (χ0) is 16.6. The van der Waals surface area contributed by atoms with Gasteiger partial charge in [0, 0.05) is 32.5 Å². The number of carbonyl (C=O) groups is 1. The first kappa shape index (κ1) is 15.5. The van der Waals surface area contributed by atoms with Crippen LogP contribution in [0.5, 0.6) is 0 Å². The molecule has 2 aliphatic heterocycles. The third kappa shape index (κ3) is 2.55. The van der Waals surface area contributed by atoms with E-state index in [0.29, 0.717) is 12.3 Å². The van der Waals surface area contributed by atoms with Crippen molar-refractivity contribution in [2.75, 3.05) is 20.1 Å². The van der Waals surface area contributed by atoms with Gasteiger partial charge in [-0.3, -0.25) is 9.69 Å². The van der Waals surface area contributed by atoms with Crippen molar-refractivity contribution >= 4 is 5.91 Å². The van der Waals surface area contributed by atoms with Crippen LogP contribution in [0.15, 0.2) is 53.1 Å². The van der Waals surface area contributed by atoms with Crippen LogP contribution in [0.25, 0.3) is 0 Å². The summed E-state index contributed by atoms with van der Waals surface area (Å²) >= 11 is 0. The molecule has 0 aliphatic carbocycles. The van der Waals surface area contributed by atoms with Gasteiger partial charge in [0.05, 0.1) is 18.3 Å². The first-order valence-corrected chi connectivity index (χ1v) is 8.75. The Morgan fingerprint density at radius 2 is 1.88 bits per heavy atom. The summed E-state index contributed by atoms with van der Waals surface area (Å²) in [5.41, 5.74) is 1.27. The first-order chi connectivity index (χ1) is 11.7. The van der Waals surface area contributed by atoms with E-state index in [-0.39, 0.29) is 11.4 Å². The normalized spacial score (nSPS) is 24.0. The largest absolute Gasteiger partial charge is 0.468 e. The van der Waals surface area contributed by atoms with Crippen LogP contribution in [-0.2, 0) is 11.3 Å². The summed E-state index contributed by atoms with van der Waals surface area (Å²) in [6.07, 6.45) is 4.42. The molecule has 4 heteroatoms. The van der Waals surface area contributed by atoms with E-state index in [4.69, 9.17) is 4.42 Å². The summed E-state index contributed by atoms with van der Waals surface area (Å²) < 4.78 is 5.48. The molecular weight excluding hydrogens is 300 g/mol. The number of piperidine rings is 1. The number of benzene rings is 1. The SMILES string of the molecule is CN1C(=O)CC(c2ccccc2)C12CCN(Cc1ccco1)CC2. The van der Waals surface area contributed by atoms with Crippen LogP contribution < -0.4 is 0 Å². The van der Waals surface area contributed by atoms with Gasteiger partial charge in [-0.2, -0.15) is 0 Å². The Hall–Kier alpha value is -2.07. The van der Waals surface area contributed by atoms with Crippen LogP contribution >= 0.6 is 0 Å². The molecule has 4 rings (SSSR count). The number of hydrogen-bond acceptors (Lipinski definition) is 3. The molecule has 2 fully saturated rings. The smallest absolute Gasteiger partial charge is 0.223 e. The van der Waals surface area contributed by atoms with Crippen LogP contribution in [0.4, 0.5) is 0 Å². The number of rotatable bonds is 3. The summed E-state index contributed by atoms with van der Waals surface area (Å²) in [7, 11) is 1.99. The average Bonchev–Trinajstić information content (AvgIpc) is 3.21. The summed E-state index contributed by atoms with van der Waals surface area (Å²) in [5, 5.41) is 0. The van der Waals surface area contributed by atoms with Crippen molar-refractivity contribution in [1.82, 2.24) is 9.80 Å². The predicted molar refractivity (Wildman–Crippen MR) is 92.5 cm³/mol. The van der Waals surface area contributed by atoms with Gasteiger partial charge in [0.25, 0.3) is 0 Å². The van der Waals surface area contributed by atoms with E-state index in [1.165, 1.54) is 5.56 Å². The van der Waals surface area contributed by atoms with Gasteiger partial charge in [-0.25, -0.2) is 0 Å². The Morgan fingerprint density at radius 3 is 2.54 bits per heavy atom. The summed E-state index contributed by atoms with van der Waals surface area (Å²) in [4.78, 5) is 16.9. The fourth-order valence-corrected chi connectivity index (χ4v) is 4.50. The molecule has 1 amide bonds. The van der Waals surface area contributed by atoms with E-state index in [9.17, 15) is 4.79 Å². The Kier molecular flexibility index (Phi) is 3.93. The fourth-order valence-electron chi connectivity index (χ4n) is 4.50. The molecule has 1 spiro atoms. The minimum atomic E-state index is -0.0297. The van der Waals surface area contributed by atoms with Crippen LogP contribution in [0.3, 0.4) is 0 Å². The molecule has 2 aliphatic rings. The van der Waals surface area contributed by atoms with Gasteiger partial charge in [-0.1, -0.05) is 30.3 Å². The standard InChI is InChI=1S/C20H24N2O2/c1-21-19(23)14-18(16-6-3-2-4-7-16)20(21)9-11-22(12-10-20)15-17-8-5-13-24-17/h2-8,13,18H,9-12,14-15H2,1H3. The predicted octanol–water partition coefficient (Wildman–Crippen LogP) is 3.26. The maximum atomic E-state index is 12.5. The number of amides is 1. The highest BCUT2D eigenvalue weighted by Crippen LogP contribution is 2.48. The lowest BCUT2D eigenvalue weighted by Gasteiger charge is -2.46. The van der Waals surface area contributed by atoms with Crippen molar-refractivity contribution in [1.29, 1.82) is 0 Å². The topological polar surface area (TPSA) is 36.7 Å². The van der Waals surface area contributed by atoms with Crippen LogP contribution in [0, 0.1) is 0 Å². The molecule has 1 unspecified atom stereocenters. The average molecular weight is 324 g/mol. The highest BCUT2D eigenvalue weighted by molar-refractivity contribution is 5.81. The Labute approximate surface area is 143 Å². The second-order valence-corrected chi connectivity index (χ2v) is 7.08. The van der Waals surface area contributed by atoms with Crippen molar-refractivity contribution in [3.63, 3.8) is 0 Å². The van der Waals surface area contributed by atoms with Gasteiger partial charge in [0.15, 0.2) is 0 Å². The molecular formula is C20H24N2O2. The zero-order valence-electron chi connectivity index (χ0n) is 14.1. The van der Waals surface area contributed by atoms with Crippen molar-refractivity contribution in [2.24, 2.45) is 0 Å². The van der Waals surface area contributed by atoms with Gasteiger partial charge in [-0.15, -0.1) is 0 Å². The Bertz CT molecular complexity index is 688. The molecule has 2 saturated heterocycles. The monoisotopic (exact) mass is 324 g/mol. The van der Waals surface area contributed by atoms with Crippen LogP contribution in [0.2, 0.25) is 0 Å². The molecule has 126 valence electrons. The Balaban J connectivity index is 1.53. The maximum absolute atomic E-state index is 12.5. The zero-order valence-corrected chi connectivity index (χ0v) is 14.1. The lowest BCUT2D eigenvalue weighted by Crippen LogP contribution is -2.53. The van der Waals surface area contributed by atoms with Crippen molar-refractivity contribution < 1.29 is 9.21 Å². The molecule has 2 aromatic rings. The molecule has 0 N–H and O–H groups in total. The molecule has 1 aromatic carbocycles. The molecule has 0 radical (unpaired) electrons. The summed E-state index contributed by atoms with van der Waals surface area (Å²) in [6, 6.07) is 14.5. The first-order valence-electron chi connectivity index (χ1n) is 8.75.